The minimum absolute atomic E-state index is 0.0700. The van der Waals surface area contributed by atoms with Gasteiger partial charge in [0.2, 0.25) is 0 Å². The molecule has 1 aliphatic rings. The third-order valence-electron chi connectivity index (χ3n) is 6.99. The lowest BCUT2D eigenvalue weighted by atomic mass is 9.76. The molecule has 1 fully saturated rings. The molecular formula is C29H30ClF3. The molecule has 1 aliphatic carbocycles. The van der Waals surface area contributed by atoms with Crippen LogP contribution in [0.25, 0.3) is 11.1 Å². The van der Waals surface area contributed by atoms with Gasteiger partial charge in [-0.3, -0.25) is 0 Å². The molecule has 0 amide bonds. The van der Waals surface area contributed by atoms with Crippen molar-refractivity contribution in [3.63, 3.8) is 0 Å². The second-order valence-corrected chi connectivity index (χ2v) is 9.72. The lowest BCUT2D eigenvalue weighted by Gasteiger charge is -2.29. The SMILES string of the molecule is CCCc1ccc([C@H]2CC[C@H](CCc3cc(F)c(-c4ccc(Cl)c(F)c4)c(F)c3)CC2)cc1. The van der Waals surface area contributed by atoms with Crippen molar-refractivity contribution < 1.29 is 13.2 Å². The Morgan fingerprint density at radius 3 is 2.03 bits per heavy atom. The summed E-state index contributed by atoms with van der Waals surface area (Å²) >= 11 is 5.69. The van der Waals surface area contributed by atoms with Crippen molar-refractivity contribution in [2.24, 2.45) is 5.92 Å². The number of benzene rings is 3. The molecule has 0 N–H and O–H groups in total. The molecule has 0 saturated heterocycles. The highest BCUT2D eigenvalue weighted by atomic mass is 35.5. The minimum atomic E-state index is -0.690. The van der Waals surface area contributed by atoms with Gasteiger partial charge in [-0.15, -0.1) is 0 Å². The normalized spacial score (nSPS) is 18.5. The fourth-order valence-electron chi connectivity index (χ4n) is 5.10. The Balaban J connectivity index is 1.34. The maximum Gasteiger partial charge on any atom is 0.142 e. The molecule has 3 aromatic rings. The van der Waals surface area contributed by atoms with Gasteiger partial charge in [0, 0.05) is 0 Å². The Kier molecular flexibility index (Phi) is 7.80. The molecule has 33 heavy (non-hydrogen) atoms. The van der Waals surface area contributed by atoms with E-state index in [1.807, 2.05) is 0 Å². The van der Waals surface area contributed by atoms with Crippen LogP contribution in [-0.4, -0.2) is 0 Å². The fraction of sp³-hybridized carbons (Fsp3) is 0.379. The van der Waals surface area contributed by atoms with Crippen LogP contribution in [-0.2, 0) is 12.8 Å². The smallest absolute Gasteiger partial charge is 0.142 e. The van der Waals surface area contributed by atoms with Gasteiger partial charge in [0.05, 0.1) is 10.6 Å². The van der Waals surface area contributed by atoms with Crippen LogP contribution in [0.5, 0.6) is 0 Å². The van der Waals surface area contributed by atoms with Gasteiger partial charge in [-0.2, -0.15) is 0 Å². The largest absolute Gasteiger partial charge is 0.206 e. The van der Waals surface area contributed by atoms with Gasteiger partial charge >= 0.3 is 0 Å². The molecule has 4 rings (SSSR count). The predicted octanol–water partition coefficient (Wildman–Crippen LogP) is 9.28. The van der Waals surface area contributed by atoms with Crippen LogP contribution in [0.3, 0.4) is 0 Å². The first-order valence-corrected chi connectivity index (χ1v) is 12.3. The van der Waals surface area contributed by atoms with E-state index < -0.39 is 17.5 Å². The minimum Gasteiger partial charge on any atom is -0.206 e. The zero-order chi connectivity index (χ0) is 23.4. The monoisotopic (exact) mass is 470 g/mol. The molecule has 0 aromatic heterocycles. The first kappa shape index (κ1) is 23.9. The standard InChI is InChI=1S/C29H30ClF3/c1-2-3-19-6-10-22(11-7-19)23-12-8-20(9-13-23)4-5-21-16-27(32)29(28(33)17-21)24-14-15-25(30)26(31)18-24/h6-7,10-11,14-18,20,23H,2-5,8-9,12-13H2,1H3/t20-,23-. The van der Waals surface area contributed by atoms with E-state index in [1.54, 1.807) is 0 Å². The zero-order valence-electron chi connectivity index (χ0n) is 19.0. The van der Waals surface area contributed by atoms with Crippen molar-refractivity contribution in [2.45, 2.75) is 64.2 Å². The van der Waals surface area contributed by atoms with E-state index >= 15 is 0 Å². The molecule has 0 aliphatic heterocycles. The number of rotatable bonds is 7. The zero-order valence-corrected chi connectivity index (χ0v) is 19.8. The summed E-state index contributed by atoms with van der Waals surface area (Å²) in [6.45, 7) is 2.20. The Labute approximate surface area is 199 Å². The highest BCUT2D eigenvalue weighted by Gasteiger charge is 2.23. The van der Waals surface area contributed by atoms with E-state index in [0.29, 0.717) is 23.8 Å². The van der Waals surface area contributed by atoms with Crippen LogP contribution in [0.1, 0.15) is 68.1 Å². The van der Waals surface area contributed by atoms with E-state index in [9.17, 15) is 13.2 Å². The first-order chi connectivity index (χ1) is 15.9. The summed E-state index contributed by atoms with van der Waals surface area (Å²) in [6, 6.07) is 15.7. The van der Waals surface area contributed by atoms with Crippen molar-refractivity contribution >= 4 is 11.6 Å². The fourth-order valence-corrected chi connectivity index (χ4v) is 5.22. The van der Waals surface area contributed by atoms with Gasteiger partial charge in [0.25, 0.3) is 0 Å². The third kappa shape index (κ3) is 5.81. The summed E-state index contributed by atoms with van der Waals surface area (Å²) in [4.78, 5) is 0. The van der Waals surface area contributed by atoms with Crippen LogP contribution in [0.4, 0.5) is 13.2 Å². The van der Waals surface area contributed by atoms with Crippen LogP contribution < -0.4 is 0 Å². The lowest BCUT2D eigenvalue weighted by Crippen LogP contribution is -2.14. The number of hydrogen-bond donors (Lipinski definition) is 0. The summed E-state index contributed by atoms with van der Waals surface area (Å²) in [7, 11) is 0. The van der Waals surface area contributed by atoms with Gasteiger partial charge in [0.1, 0.15) is 17.5 Å². The molecule has 0 unspecified atom stereocenters. The van der Waals surface area contributed by atoms with Gasteiger partial charge in [-0.25, -0.2) is 13.2 Å². The van der Waals surface area contributed by atoms with Crippen molar-refractivity contribution in [3.05, 3.63) is 93.8 Å². The van der Waals surface area contributed by atoms with E-state index in [2.05, 4.69) is 31.2 Å². The van der Waals surface area contributed by atoms with E-state index in [4.69, 9.17) is 11.6 Å². The average Bonchev–Trinajstić information content (AvgIpc) is 2.81. The molecule has 0 bridgehead atoms. The number of halogens is 4. The quantitative estimate of drug-likeness (QED) is 0.322. The van der Waals surface area contributed by atoms with Gasteiger partial charge < -0.3 is 0 Å². The maximum atomic E-state index is 14.7. The van der Waals surface area contributed by atoms with Gasteiger partial charge in [0.15, 0.2) is 0 Å². The maximum absolute atomic E-state index is 14.7. The first-order valence-electron chi connectivity index (χ1n) is 12.0. The Morgan fingerprint density at radius 2 is 1.42 bits per heavy atom. The van der Waals surface area contributed by atoms with Gasteiger partial charge in [-0.1, -0.05) is 55.3 Å². The summed E-state index contributed by atoms with van der Waals surface area (Å²) in [5.41, 5.74) is 3.43. The molecule has 4 heteroatoms. The van der Waals surface area contributed by atoms with Crippen molar-refractivity contribution in [2.75, 3.05) is 0 Å². The second-order valence-electron chi connectivity index (χ2n) is 9.31. The molecule has 0 spiro atoms. The Morgan fingerprint density at radius 1 is 0.758 bits per heavy atom. The topological polar surface area (TPSA) is 0 Å². The van der Waals surface area contributed by atoms with E-state index in [1.165, 1.54) is 54.7 Å². The average molecular weight is 471 g/mol. The summed E-state index contributed by atoms with van der Waals surface area (Å²) < 4.78 is 43.2. The highest BCUT2D eigenvalue weighted by molar-refractivity contribution is 6.30. The Hall–Kier alpha value is -2.26. The van der Waals surface area contributed by atoms with Crippen LogP contribution >= 0.6 is 11.6 Å². The summed E-state index contributed by atoms with van der Waals surface area (Å²) in [5, 5.41) is -0.0700. The highest BCUT2D eigenvalue weighted by Crippen LogP contribution is 2.38. The van der Waals surface area contributed by atoms with Crippen molar-refractivity contribution in [3.8, 4) is 11.1 Å². The molecule has 1 saturated carbocycles. The molecule has 174 valence electrons. The van der Waals surface area contributed by atoms with Crippen LogP contribution in [0.15, 0.2) is 54.6 Å². The molecule has 0 heterocycles. The lowest BCUT2D eigenvalue weighted by molar-refractivity contribution is 0.310. The predicted molar refractivity (Wildman–Crippen MR) is 130 cm³/mol. The third-order valence-corrected chi connectivity index (χ3v) is 7.29. The molecule has 0 atom stereocenters. The van der Waals surface area contributed by atoms with Crippen molar-refractivity contribution in [1.29, 1.82) is 0 Å². The molecular weight excluding hydrogens is 441 g/mol. The van der Waals surface area contributed by atoms with Gasteiger partial charge in [-0.05, 0) is 103 Å². The van der Waals surface area contributed by atoms with Crippen LogP contribution in [0, 0.1) is 23.4 Å². The summed E-state index contributed by atoms with van der Waals surface area (Å²) in [6.07, 6.45) is 8.50. The molecule has 0 radical (unpaired) electrons. The number of hydrogen-bond acceptors (Lipinski definition) is 0. The van der Waals surface area contributed by atoms with Crippen LogP contribution in [0.2, 0.25) is 5.02 Å². The van der Waals surface area contributed by atoms with E-state index in [-0.39, 0.29) is 16.1 Å². The van der Waals surface area contributed by atoms with E-state index in [0.717, 1.165) is 31.7 Å². The molecule has 0 nitrogen and oxygen atoms in total. The molecule has 3 aromatic carbocycles. The Bertz CT molecular complexity index is 1060. The van der Waals surface area contributed by atoms with Crippen molar-refractivity contribution in [1.82, 2.24) is 0 Å². The number of aryl methyl sites for hydroxylation is 2. The second kappa shape index (κ2) is 10.8. The summed E-state index contributed by atoms with van der Waals surface area (Å²) in [5.74, 6) is -0.823.